The van der Waals surface area contributed by atoms with E-state index in [0.717, 1.165) is 5.69 Å². The minimum Gasteiger partial charge on any atom is -0.495 e. The van der Waals surface area contributed by atoms with Crippen LogP contribution in [0.3, 0.4) is 0 Å². The van der Waals surface area contributed by atoms with Crippen molar-refractivity contribution in [3.63, 3.8) is 0 Å². The van der Waals surface area contributed by atoms with Crippen LogP contribution in [0.1, 0.15) is 18.0 Å². The van der Waals surface area contributed by atoms with Gasteiger partial charge in [0.2, 0.25) is 6.39 Å². The molecular formula is C20H21ClN6O3. The molecule has 2 N–H and O–H groups in total. The second-order valence-electron chi connectivity index (χ2n) is 6.91. The van der Waals surface area contributed by atoms with Crippen molar-refractivity contribution < 1.29 is 14.1 Å². The van der Waals surface area contributed by atoms with Crippen molar-refractivity contribution in [2.45, 2.75) is 18.4 Å². The van der Waals surface area contributed by atoms with Gasteiger partial charge in [0.05, 0.1) is 13.3 Å². The van der Waals surface area contributed by atoms with Crippen LogP contribution in [0.15, 0.2) is 53.5 Å². The summed E-state index contributed by atoms with van der Waals surface area (Å²) in [6.07, 6.45) is 3.67. The minimum absolute atomic E-state index is 0.0703. The van der Waals surface area contributed by atoms with Gasteiger partial charge in [0.15, 0.2) is 0 Å². The topological polar surface area (TPSA) is 105 Å². The molecule has 2 aromatic heterocycles. The van der Waals surface area contributed by atoms with Crippen molar-refractivity contribution >= 4 is 29.3 Å². The minimum atomic E-state index is -0.283. The van der Waals surface area contributed by atoms with Gasteiger partial charge in [-0.2, -0.15) is 4.98 Å². The van der Waals surface area contributed by atoms with Crippen LogP contribution in [-0.4, -0.2) is 47.4 Å². The van der Waals surface area contributed by atoms with E-state index in [1.54, 1.807) is 37.6 Å². The number of carbonyl (C=O) groups is 1. The number of piperidine rings is 1. The fourth-order valence-corrected chi connectivity index (χ4v) is 3.64. The molecule has 156 valence electrons. The van der Waals surface area contributed by atoms with Crippen LogP contribution in [0.25, 0.3) is 0 Å². The number of hydrogen-bond acceptors (Lipinski definition) is 7. The molecule has 0 bridgehead atoms. The predicted molar refractivity (Wildman–Crippen MR) is 112 cm³/mol. The number of nitrogens with zero attached hydrogens (tertiary/aromatic N) is 4. The molecule has 10 heteroatoms. The van der Waals surface area contributed by atoms with Gasteiger partial charge < -0.3 is 24.8 Å². The predicted octanol–water partition coefficient (Wildman–Crippen LogP) is 3.31. The van der Waals surface area contributed by atoms with Gasteiger partial charge in [-0.25, -0.2) is 4.79 Å². The monoisotopic (exact) mass is 428 g/mol. The molecule has 1 aliphatic rings. The molecule has 1 saturated heterocycles. The summed E-state index contributed by atoms with van der Waals surface area (Å²) in [6.45, 7) is 1.27. The highest BCUT2D eigenvalue weighted by molar-refractivity contribution is 6.30. The first-order valence-electron chi connectivity index (χ1n) is 9.46. The van der Waals surface area contributed by atoms with Crippen molar-refractivity contribution in [2.24, 2.45) is 0 Å². The second-order valence-corrected chi connectivity index (χ2v) is 7.34. The maximum atomic E-state index is 12.6. The lowest BCUT2D eigenvalue weighted by molar-refractivity contribution is 0.243. The van der Waals surface area contributed by atoms with E-state index in [1.165, 1.54) is 6.39 Å². The molecule has 2 unspecified atom stereocenters. The van der Waals surface area contributed by atoms with Gasteiger partial charge >= 0.3 is 6.03 Å². The Morgan fingerprint density at radius 3 is 2.73 bits per heavy atom. The SMILES string of the molecule is COc1ccc(C2CN(c3ncon3)CCC2NC(=O)Nc2ccc(Cl)cc2)nc1. The average molecular weight is 429 g/mol. The maximum Gasteiger partial charge on any atom is 0.319 e. The number of nitrogens with one attached hydrogen (secondary N) is 2. The van der Waals surface area contributed by atoms with Gasteiger partial charge in [0, 0.05) is 41.5 Å². The Morgan fingerprint density at radius 2 is 2.07 bits per heavy atom. The molecule has 0 spiro atoms. The number of carbonyl (C=O) groups excluding carboxylic acids is 1. The largest absolute Gasteiger partial charge is 0.495 e. The zero-order valence-electron chi connectivity index (χ0n) is 16.3. The standard InChI is InChI=1S/C20H21ClN6O3/c1-29-15-6-7-17(22-10-15)16-11-27(19-23-12-30-26-19)9-8-18(16)25-20(28)24-14-4-2-13(21)3-5-14/h2-7,10,12,16,18H,8-9,11H2,1H3,(H2,24,25,28). The van der Waals surface area contributed by atoms with Crippen molar-refractivity contribution in [1.29, 1.82) is 0 Å². The third-order valence-electron chi connectivity index (χ3n) is 5.04. The Hall–Kier alpha value is -3.33. The highest BCUT2D eigenvalue weighted by Gasteiger charge is 2.34. The van der Waals surface area contributed by atoms with Gasteiger partial charge in [-0.3, -0.25) is 4.98 Å². The number of rotatable bonds is 5. The Labute approximate surface area is 178 Å². The molecular weight excluding hydrogens is 408 g/mol. The van der Waals surface area contributed by atoms with Crippen molar-refractivity contribution in [2.75, 3.05) is 30.4 Å². The van der Waals surface area contributed by atoms with Crippen LogP contribution < -0.4 is 20.3 Å². The van der Waals surface area contributed by atoms with Gasteiger partial charge in [-0.15, -0.1) is 0 Å². The van der Waals surface area contributed by atoms with E-state index in [4.69, 9.17) is 20.9 Å². The molecule has 4 rings (SSSR count). The molecule has 0 saturated carbocycles. The van der Waals surface area contributed by atoms with E-state index in [9.17, 15) is 4.79 Å². The lowest BCUT2D eigenvalue weighted by Gasteiger charge is -2.38. The van der Waals surface area contributed by atoms with Gasteiger partial charge in [0.25, 0.3) is 5.95 Å². The van der Waals surface area contributed by atoms with Crippen LogP contribution in [0.4, 0.5) is 16.4 Å². The molecule has 0 aliphatic carbocycles. The van der Waals surface area contributed by atoms with Gasteiger partial charge in [-0.05, 0) is 48.0 Å². The number of ether oxygens (including phenoxy) is 1. The number of amides is 2. The first-order valence-corrected chi connectivity index (χ1v) is 9.84. The zero-order chi connectivity index (χ0) is 20.9. The molecule has 1 aliphatic heterocycles. The smallest absolute Gasteiger partial charge is 0.319 e. The number of benzene rings is 1. The van der Waals surface area contributed by atoms with Gasteiger partial charge in [0.1, 0.15) is 5.75 Å². The fourth-order valence-electron chi connectivity index (χ4n) is 3.51. The summed E-state index contributed by atoms with van der Waals surface area (Å²) in [5, 5.41) is 10.5. The summed E-state index contributed by atoms with van der Waals surface area (Å²) in [7, 11) is 1.60. The molecule has 2 atom stereocenters. The number of anilines is 2. The number of halogens is 1. The van der Waals surface area contributed by atoms with E-state index in [0.29, 0.717) is 41.9 Å². The highest BCUT2D eigenvalue weighted by Crippen LogP contribution is 2.29. The van der Waals surface area contributed by atoms with Crippen LogP contribution >= 0.6 is 11.6 Å². The van der Waals surface area contributed by atoms with E-state index in [-0.39, 0.29) is 18.0 Å². The number of methoxy groups -OCH3 is 1. The molecule has 9 nitrogen and oxygen atoms in total. The average Bonchev–Trinajstić information content (AvgIpc) is 3.31. The summed E-state index contributed by atoms with van der Waals surface area (Å²) < 4.78 is 10.1. The summed E-state index contributed by atoms with van der Waals surface area (Å²) in [5.41, 5.74) is 1.51. The lowest BCUT2D eigenvalue weighted by Crippen LogP contribution is -2.51. The summed E-state index contributed by atoms with van der Waals surface area (Å²) in [5.74, 6) is 1.13. The van der Waals surface area contributed by atoms with E-state index >= 15 is 0 Å². The Kier molecular flexibility index (Phi) is 5.99. The number of aromatic nitrogens is 3. The normalized spacial score (nSPS) is 18.7. The van der Waals surface area contributed by atoms with E-state index < -0.39 is 0 Å². The third-order valence-corrected chi connectivity index (χ3v) is 5.29. The molecule has 1 aromatic carbocycles. The number of urea groups is 1. The van der Waals surface area contributed by atoms with Gasteiger partial charge in [-0.1, -0.05) is 11.6 Å². The first-order chi connectivity index (χ1) is 14.6. The van der Waals surface area contributed by atoms with E-state index in [1.807, 2.05) is 17.0 Å². The van der Waals surface area contributed by atoms with Crippen molar-refractivity contribution in [1.82, 2.24) is 20.4 Å². The molecule has 30 heavy (non-hydrogen) atoms. The maximum absolute atomic E-state index is 12.6. The molecule has 2 amide bonds. The Balaban J connectivity index is 1.50. The highest BCUT2D eigenvalue weighted by atomic mass is 35.5. The second kappa shape index (κ2) is 9.00. The van der Waals surface area contributed by atoms with Crippen LogP contribution in [0, 0.1) is 0 Å². The van der Waals surface area contributed by atoms with Crippen molar-refractivity contribution in [3.8, 4) is 5.75 Å². The summed E-state index contributed by atoms with van der Waals surface area (Å²) >= 11 is 5.90. The molecule has 3 aromatic rings. The number of pyridine rings is 1. The Morgan fingerprint density at radius 1 is 1.23 bits per heavy atom. The zero-order valence-corrected chi connectivity index (χ0v) is 17.0. The number of hydrogen-bond donors (Lipinski definition) is 2. The first kappa shape index (κ1) is 20.0. The summed E-state index contributed by atoms with van der Waals surface area (Å²) in [6, 6.07) is 10.3. The lowest BCUT2D eigenvalue weighted by atomic mass is 9.89. The fraction of sp³-hybridized carbons (Fsp3) is 0.300. The molecule has 0 radical (unpaired) electrons. The quantitative estimate of drug-likeness (QED) is 0.642. The van der Waals surface area contributed by atoms with Crippen LogP contribution in [0.5, 0.6) is 5.75 Å². The molecule has 3 heterocycles. The van der Waals surface area contributed by atoms with Crippen LogP contribution in [-0.2, 0) is 0 Å². The third kappa shape index (κ3) is 4.62. The molecule has 1 fully saturated rings. The van der Waals surface area contributed by atoms with Crippen LogP contribution in [0.2, 0.25) is 5.02 Å². The van der Waals surface area contributed by atoms with E-state index in [2.05, 4.69) is 25.8 Å². The Bertz CT molecular complexity index is 965. The van der Waals surface area contributed by atoms with Crippen molar-refractivity contribution in [3.05, 3.63) is 59.7 Å². The summed E-state index contributed by atoms with van der Waals surface area (Å²) in [4.78, 5) is 23.3.